The number of fused-ring (bicyclic) bond motifs is 1. The topological polar surface area (TPSA) is 75.1 Å². The van der Waals surface area contributed by atoms with Crippen molar-refractivity contribution in [3.63, 3.8) is 0 Å². The van der Waals surface area contributed by atoms with Crippen molar-refractivity contribution in [2.45, 2.75) is 0 Å². The maximum absolute atomic E-state index is 12.2. The van der Waals surface area contributed by atoms with Gasteiger partial charge in [-0.25, -0.2) is 0 Å². The van der Waals surface area contributed by atoms with Gasteiger partial charge in [-0.3, -0.25) is 14.8 Å². The second kappa shape index (κ2) is 5.49. The Hall–Kier alpha value is -2.47. The average Bonchev–Trinajstić information content (AvgIpc) is 2.47. The Labute approximate surface area is 128 Å². The van der Waals surface area contributed by atoms with Crippen LogP contribution in [0.25, 0.3) is 10.9 Å². The zero-order valence-corrected chi connectivity index (χ0v) is 12.3. The van der Waals surface area contributed by atoms with Crippen LogP contribution in [0.4, 0.5) is 5.69 Å². The van der Waals surface area contributed by atoms with Crippen LogP contribution in [0.5, 0.6) is 5.75 Å². The van der Waals surface area contributed by atoms with Crippen molar-refractivity contribution in [2.75, 3.05) is 5.32 Å². The Morgan fingerprint density at radius 1 is 1.24 bits per heavy atom. The van der Waals surface area contributed by atoms with Gasteiger partial charge in [-0.2, -0.15) is 0 Å². The van der Waals surface area contributed by atoms with Crippen LogP contribution >= 0.6 is 15.9 Å². The van der Waals surface area contributed by atoms with Crippen LogP contribution in [0, 0.1) is 0 Å². The predicted octanol–water partition coefficient (Wildman–Crippen LogP) is 3.35. The Balaban J connectivity index is 1.99. The van der Waals surface area contributed by atoms with Crippen molar-refractivity contribution < 1.29 is 9.90 Å². The van der Waals surface area contributed by atoms with Gasteiger partial charge in [-0.15, -0.1) is 0 Å². The molecule has 0 aliphatic heterocycles. The number of nitrogens with zero attached hydrogens (tertiary/aromatic N) is 2. The van der Waals surface area contributed by atoms with Gasteiger partial charge in [-0.1, -0.05) is 12.1 Å². The van der Waals surface area contributed by atoms with Crippen molar-refractivity contribution in [1.29, 1.82) is 0 Å². The molecular formula is C15H10BrN3O2. The summed E-state index contributed by atoms with van der Waals surface area (Å²) in [6, 6.07) is 8.88. The van der Waals surface area contributed by atoms with E-state index in [0.717, 1.165) is 9.86 Å². The average molecular weight is 344 g/mol. The minimum Gasteiger partial charge on any atom is -0.505 e. The third-order valence-electron chi connectivity index (χ3n) is 2.97. The monoisotopic (exact) mass is 343 g/mol. The molecule has 0 aliphatic rings. The van der Waals surface area contributed by atoms with E-state index in [0.29, 0.717) is 11.2 Å². The zero-order chi connectivity index (χ0) is 14.8. The van der Waals surface area contributed by atoms with Crippen molar-refractivity contribution in [1.82, 2.24) is 9.97 Å². The first-order valence-electron chi connectivity index (χ1n) is 6.14. The van der Waals surface area contributed by atoms with E-state index in [4.69, 9.17) is 0 Å². The normalized spacial score (nSPS) is 10.5. The summed E-state index contributed by atoms with van der Waals surface area (Å²) < 4.78 is 0.866. The molecule has 104 valence electrons. The molecule has 2 heterocycles. The first-order valence-corrected chi connectivity index (χ1v) is 6.93. The molecule has 0 bridgehead atoms. The summed E-state index contributed by atoms with van der Waals surface area (Å²) in [4.78, 5) is 20.3. The van der Waals surface area contributed by atoms with Gasteiger partial charge >= 0.3 is 0 Å². The van der Waals surface area contributed by atoms with Gasteiger partial charge in [0, 0.05) is 22.3 Å². The fraction of sp³-hybridized carbons (Fsp3) is 0. The molecule has 21 heavy (non-hydrogen) atoms. The lowest BCUT2D eigenvalue weighted by atomic mass is 10.1. The zero-order valence-electron chi connectivity index (χ0n) is 10.7. The summed E-state index contributed by atoms with van der Waals surface area (Å²) >= 11 is 3.36. The molecule has 2 aromatic heterocycles. The van der Waals surface area contributed by atoms with Gasteiger partial charge in [0.05, 0.1) is 23.0 Å². The van der Waals surface area contributed by atoms with Crippen LogP contribution in [0.2, 0.25) is 0 Å². The predicted molar refractivity (Wildman–Crippen MR) is 83.3 cm³/mol. The molecule has 6 heteroatoms. The molecule has 0 atom stereocenters. The van der Waals surface area contributed by atoms with Gasteiger partial charge in [0.2, 0.25) is 0 Å². The Morgan fingerprint density at radius 3 is 2.90 bits per heavy atom. The van der Waals surface area contributed by atoms with E-state index in [2.05, 4.69) is 31.2 Å². The molecule has 2 N–H and O–H groups in total. The summed E-state index contributed by atoms with van der Waals surface area (Å²) in [5, 5.41) is 13.3. The number of benzene rings is 1. The smallest absolute Gasteiger partial charge is 0.259 e. The molecule has 0 saturated carbocycles. The molecule has 1 amide bonds. The molecule has 0 spiro atoms. The highest BCUT2D eigenvalue weighted by Gasteiger charge is 2.12. The minimum atomic E-state index is -0.410. The lowest BCUT2D eigenvalue weighted by Crippen LogP contribution is -2.12. The fourth-order valence-corrected chi connectivity index (χ4v) is 2.35. The second-order valence-electron chi connectivity index (χ2n) is 4.38. The Kier molecular flexibility index (Phi) is 3.53. The number of halogens is 1. The lowest BCUT2D eigenvalue weighted by Gasteiger charge is -2.09. The highest BCUT2D eigenvalue weighted by atomic mass is 79.9. The summed E-state index contributed by atoms with van der Waals surface area (Å²) in [6.45, 7) is 0. The number of nitrogens with one attached hydrogen (secondary N) is 1. The Morgan fingerprint density at radius 2 is 2.10 bits per heavy atom. The van der Waals surface area contributed by atoms with E-state index in [9.17, 15) is 9.90 Å². The van der Waals surface area contributed by atoms with Crippen molar-refractivity contribution in [3.8, 4) is 5.75 Å². The molecule has 0 saturated heterocycles. The van der Waals surface area contributed by atoms with Crippen molar-refractivity contribution >= 4 is 38.4 Å². The van der Waals surface area contributed by atoms with E-state index in [1.54, 1.807) is 12.3 Å². The van der Waals surface area contributed by atoms with Crippen LogP contribution in [-0.4, -0.2) is 21.0 Å². The van der Waals surface area contributed by atoms with Crippen LogP contribution < -0.4 is 5.32 Å². The summed E-state index contributed by atoms with van der Waals surface area (Å²) in [6.07, 6.45) is 4.35. The maximum atomic E-state index is 12.2. The minimum absolute atomic E-state index is 0.161. The number of carbonyl (C=O) groups excluding carboxylic acids is 1. The van der Waals surface area contributed by atoms with E-state index in [1.807, 2.05) is 18.2 Å². The first-order chi connectivity index (χ1) is 10.1. The van der Waals surface area contributed by atoms with E-state index >= 15 is 0 Å². The number of anilines is 1. The van der Waals surface area contributed by atoms with Crippen LogP contribution in [-0.2, 0) is 0 Å². The van der Waals surface area contributed by atoms with E-state index < -0.39 is 5.91 Å². The van der Waals surface area contributed by atoms with Crippen molar-refractivity contribution in [2.24, 2.45) is 0 Å². The lowest BCUT2D eigenvalue weighted by molar-refractivity contribution is 0.102. The third kappa shape index (κ3) is 2.71. The molecule has 0 radical (unpaired) electrons. The van der Waals surface area contributed by atoms with Gasteiger partial charge in [0.1, 0.15) is 5.75 Å². The van der Waals surface area contributed by atoms with Crippen LogP contribution in [0.15, 0.2) is 53.4 Å². The van der Waals surface area contributed by atoms with Gasteiger partial charge in [0.15, 0.2) is 0 Å². The second-order valence-corrected chi connectivity index (χ2v) is 5.29. The fourth-order valence-electron chi connectivity index (χ4n) is 2.00. The number of pyridine rings is 2. The van der Waals surface area contributed by atoms with Crippen LogP contribution in [0.3, 0.4) is 0 Å². The number of para-hydroxylation sites is 1. The number of carbonyl (C=O) groups is 1. The molecule has 3 rings (SSSR count). The molecular weight excluding hydrogens is 334 g/mol. The third-order valence-corrected chi connectivity index (χ3v) is 3.40. The number of amides is 1. The number of rotatable bonds is 2. The highest BCUT2D eigenvalue weighted by molar-refractivity contribution is 9.10. The molecule has 0 unspecified atom stereocenters. The van der Waals surface area contributed by atoms with Crippen molar-refractivity contribution in [3.05, 3.63) is 59.0 Å². The number of aromatic nitrogens is 2. The van der Waals surface area contributed by atoms with Gasteiger partial charge in [-0.05, 0) is 34.1 Å². The Bertz CT molecular complexity index is 836. The summed E-state index contributed by atoms with van der Waals surface area (Å²) in [5.74, 6) is -0.571. The SMILES string of the molecule is O=C(Nc1cccc2cc(Br)cnc12)c1ccncc1O. The van der Waals surface area contributed by atoms with Gasteiger partial charge in [0.25, 0.3) is 5.91 Å². The number of aromatic hydroxyl groups is 1. The molecule has 1 aromatic carbocycles. The van der Waals surface area contributed by atoms with Gasteiger partial charge < -0.3 is 10.4 Å². The number of hydrogen-bond donors (Lipinski definition) is 2. The van der Waals surface area contributed by atoms with Crippen LogP contribution in [0.1, 0.15) is 10.4 Å². The summed E-state index contributed by atoms with van der Waals surface area (Å²) in [7, 11) is 0. The quantitative estimate of drug-likeness (QED) is 0.748. The molecule has 0 aliphatic carbocycles. The first kappa shape index (κ1) is 13.5. The van der Waals surface area contributed by atoms with E-state index in [1.165, 1.54) is 18.5 Å². The largest absolute Gasteiger partial charge is 0.505 e. The summed E-state index contributed by atoms with van der Waals surface area (Å²) in [5.41, 5.74) is 1.43. The van der Waals surface area contributed by atoms with E-state index in [-0.39, 0.29) is 11.3 Å². The molecule has 0 fully saturated rings. The highest BCUT2D eigenvalue weighted by Crippen LogP contribution is 2.25. The molecule has 3 aromatic rings. The standard InChI is InChI=1S/C15H10BrN3O2/c16-10-6-9-2-1-3-12(14(9)18-7-10)19-15(21)11-4-5-17-8-13(11)20/h1-8,20H,(H,19,21). The number of hydrogen-bond acceptors (Lipinski definition) is 4. The molecule has 5 nitrogen and oxygen atoms in total. The maximum Gasteiger partial charge on any atom is 0.259 e.